The molecule has 6 rings (SSSR count). The first-order valence-corrected chi connectivity index (χ1v) is 11.4. The van der Waals surface area contributed by atoms with Gasteiger partial charge in [0.2, 0.25) is 0 Å². The molecule has 2 saturated heterocycles. The van der Waals surface area contributed by atoms with Crippen molar-refractivity contribution >= 4 is 15.6 Å². The Labute approximate surface area is 139 Å². The Morgan fingerprint density at radius 3 is 1.78 bits per heavy atom. The molecule has 128 valence electrons. The van der Waals surface area contributed by atoms with Crippen molar-refractivity contribution < 1.29 is 13.2 Å². The lowest BCUT2D eigenvalue weighted by atomic mass is 9.50. The van der Waals surface area contributed by atoms with Gasteiger partial charge in [-0.15, -0.1) is 0 Å². The Hall–Kier alpha value is -0.380. The van der Waals surface area contributed by atoms with Crippen molar-refractivity contribution in [2.45, 2.75) is 74.7 Å². The second-order valence-electron chi connectivity index (χ2n) is 9.29. The van der Waals surface area contributed by atoms with Gasteiger partial charge >= 0.3 is 0 Å². The maximum Gasteiger partial charge on any atom is 0.156 e. The number of fused-ring (bicyclic) bond motifs is 2. The van der Waals surface area contributed by atoms with Crippen molar-refractivity contribution in [3.8, 4) is 0 Å². The van der Waals surface area contributed by atoms with E-state index in [1.807, 2.05) is 0 Å². The second-order valence-corrected chi connectivity index (χ2v) is 11.8. The van der Waals surface area contributed by atoms with Crippen molar-refractivity contribution in [3.05, 3.63) is 0 Å². The summed E-state index contributed by atoms with van der Waals surface area (Å²) in [6.07, 6.45) is 10.4. The highest BCUT2D eigenvalue weighted by Gasteiger charge is 2.54. The molecule has 3 nitrogen and oxygen atoms in total. The molecular formula is C19H28O3S. The monoisotopic (exact) mass is 336 g/mol. The van der Waals surface area contributed by atoms with Crippen molar-refractivity contribution in [1.29, 1.82) is 0 Å². The molecule has 6 bridgehead atoms. The summed E-state index contributed by atoms with van der Waals surface area (Å²) < 4.78 is 24.9. The number of sulfone groups is 1. The molecule has 0 aromatic rings. The minimum Gasteiger partial charge on any atom is -0.299 e. The van der Waals surface area contributed by atoms with Crippen molar-refractivity contribution in [2.75, 3.05) is 0 Å². The molecule has 2 atom stereocenters. The molecule has 4 heteroatoms. The summed E-state index contributed by atoms with van der Waals surface area (Å²) in [7, 11) is -2.94. The fraction of sp³-hybridized carbons (Fsp3) is 0.947. The first-order chi connectivity index (χ1) is 11.0. The van der Waals surface area contributed by atoms with Crippen LogP contribution in [0, 0.1) is 35.5 Å². The average molecular weight is 336 g/mol. The van der Waals surface area contributed by atoms with Gasteiger partial charge < -0.3 is 0 Å². The van der Waals surface area contributed by atoms with E-state index in [9.17, 15) is 13.2 Å². The van der Waals surface area contributed by atoms with Crippen LogP contribution in [0.15, 0.2) is 0 Å². The first-order valence-electron chi connectivity index (χ1n) is 9.78. The normalized spacial score (nSPS) is 53.2. The van der Waals surface area contributed by atoms with Crippen LogP contribution < -0.4 is 0 Å². The molecule has 0 radical (unpaired) electrons. The van der Waals surface area contributed by atoms with Gasteiger partial charge in [-0.25, -0.2) is 8.42 Å². The van der Waals surface area contributed by atoms with Crippen molar-refractivity contribution in [1.82, 2.24) is 0 Å². The van der Waals surface area contributed by atoms with Crippen LogP contribution in [0.1, 0.15) is 64.2 Å². The Bertz CT molecular complexity index is 575. The van der Waals surface area contributed by atoms with Gasteiger partial charge in [-0.3, -0.25) is 4.79 Å². The number of hydrogen-bond acceptors (Lipinski definition) is 3. The number of carbonyl (C=O) groups is 1. The minimum absolute atomic E-state index is 0.0522. The predicted octanol–water partition coefficient (Wildman–Crippen LogP) is 3.37. The maximum absolute atomic E-state index is 13.3. The SMILES string of the molecule is O=C(C1CC2CCCC(C1)S2(=O)=O)C1C2CC3CC(C2)CC1C3. The molecule has 4 saturated carbocycles. The lowest BCUT2D eigenvalue weighted by Crippen LogP contribution is -2.52. The molecule has 23 heavy (non-hydrogen) atoms. The second kappa shape index (κ2) is 5.06. The Morgan fingerprint density at radius 2 is 1.26 bits per heavy atom. The summed E-state index contributed by atoms with van der Waals surface area (Å²) in [5.41, 5.74) is 0. The third-order valence-electron chi connectivity index (χ3n) is 8.03. The summed E-state index contributed by atoms with van der Waals surface area (Å²) in [6.45, 7) is 0. The number of carbonyl (C=O) groups excluding carboxylic acids is 1. The lowest BCUT2D eigenvalue weighted by Gasteiger charge is -2.54. The summed E-state index contributed by atoms with van der Waals surface area (Å²) in [6, 6.07) is 0. The molecule has 2 unspecified atom stereocenters. The van der Waals surface area contributed by atoms with E-state index in [1.54, 1.807) is 0 Å². The quantitative estimate of drug-likeness (QED) is 0.777. The Balaban J connectivity index is 1.37. The predicted molar refractivity (Wildman–Crippen MR) is 88.6 cm³/mol. The molecule has 0 N–H and O–H groups in total. The molecule has 0 amide bonds. The summed E-state index contributed by atoms with van der Waals surface area (Å²) in [5, 5.41) is -0.415. The Morgan fingerprint density at radius 1 is 0.739 bits per heavy atom. The van der Waals surface area contributed by atoms with Crippen LogP contribution in [0.4, 0.5) is 0 Å². The van der Waals surface area contributed by atoms with Gasteiger partial charge in [0, 0.05) is 11.8 Å². The number of Topliss-reactive ketones (excluding diaryl/α,β-unsaturated/α-hetero) is 1. The largest absolute Gasteiger partial charge is 0.299 e. The summed E-state index contributed by atoms with van der Waals surface area (Å²) in [4.78, 5) is 13.3. The van der Waals surface area contributed by atoms with E-state index in [2.05, 4.69) is 0 Å². The number of ketones is 1. The molecular weight excluding hydrogens is 308 g/mol. The molecule has 6 fully saturated rings. The van der Waals surface area contributed by atoms with Crippen LogP contribution in [0.3, 0.4) is 0 Å². The Kier molecular flexibility index (Phi) is 3.28. The van der Waals surface area contributed by atoms with Gasteiger partial charge in [0.25, 0.3) is 0 Å². The van der Waals surface area contributed by atoms with E-state index in [-0.39, 0.29) is 22.3 Å². The third kappa shape index (κ3) is 2.19. The van der Waals surface area contributed by atoms with Gasteiger partial charge in [-0.2, -0.15) is 0 Å². The molecule has 0 aromatic carbocycles. The molecule has 6 aliphatic rings. The summed E-state index contributed by atoms with van der Waals surface area (Å²) >= 11 is 0. The van der Waals surface area contributed by atoms with Gasteiger partial charge in [0.1, 0.15) is 5.78 Å². The van der Waals surface area contributed by atoms with E-state index in [4.69, 9.17) is 0 Å². The summed E-state index contributed by atoms with van der Waals surface area (Å²) in [5.74, 6) is 3.88. The highest BCUT2D eigenvalue weighted by molar-refractivity contribution is 7.92. The molecule has 2 heterocycles. The van der Waals surface area contributed by atoms with Crippen molar-refractivity contribution in [2.24, 2.45) is 35.5 Å². The first kappa shape index (κ1) is 14.9. The lowest BCUT2D eigenvalue weighted by molar-refractivity contribution is -0.140. The van der Waals surface area contributed by atoms with Gasteiger partial charge in [-0.05, 0) is 81.5 Å². The fourth-order valence-electron chi connectivity index (χ4n) is 7.30. The van der Waals surface area contributed by atoms with Crippen LogP contribution in [0.25, 0.3) is 0 Å². The molecule has 4 aliphatic carbocycles. The van der Waals surface area contributed by atoms with E-state index in [0.717, 1.165) is 31.1 Å². The average Bonchev–Trinajstić information content (AvgIpc) is 2.44. The van der Waals surface area contributed by atoms with Gasteiger partial charge in [0.15, 0.2) is 9.84 Å². The van der Waals surface area contributed by atoms with Gasteiger partial charge in [0.05, 0.1) is 10.5 Å². The zero-order valence-electron chi connectivity index (χ0n) is 13.8. The zero-order valence-corrected chi connectivity index (χ0v) is 14.6. The molecule has 2 aliphatic heterocycles. The zero-order chi connectivity index (χ0) is 15.8. The highest BCUT2D eigenvalue weighted by Crippen LogP contribution is 2.57. The highest BCUT2D eigenvalue weighted by atomic mass is 32.2. The third-order valence-corrected chi connectivity index (χ3v) is 10.7. The topological polar surface area (TPSA) is 51.2 Å². The van der Waals surface area contributed by atoms with E-state index >= 15 is 0 Å². The number of hydrogen-bond donors (Lipinski definition) is 0. The molecule has 0 aromatic heterocycles. The number of rotatable bonds is 2. The van der Waals surface area contributed by atoms with Crippen LogP contribution >= 0.6 is 0 Å². The van der Waals surface area contributed by atoms with Gasteiger partial charge in [-0.1, -0.05) is 6.42 Å². The van der Waals surface area contributed by atoms with Crippen LogP contribution in [-0.2, 0) is 14.6 Å². The standard InChI is InChI=1S/C19H28O3S/c20-19(15-9-16-2-1-3-17(10-15)23(16,21)22)18-13-5-11-4-12(7-13)8-14(18)6-11/h11-18H,1-10H2. The van der Waals surface area contributed by atoms with E-state index in [0.29, 0.717) is 30.5 Å². The van der Waals surface area contributed by atoms with E-state index in [1.165, 1.54) is 32.1 Å². The van der Waals surface area contributed by atoms with Crippen LogP contribution in [0.5, 0.6) is 0 Å². The fourth-order valence-corrected chi connectivity index (χ4v) is 9.84. The van der Waals surface area contributed by atoms with E-state index < -0.39 is 9.84 Å². The maximum atomic E-state index is 13.3. The van der Waals surface area contributed by atoms with Crippen LogP contribution in [-0.4, -0.2) is 24.7 Å². The molecule has 0 spiro atoms. The smallest absolute Gasteiger partial charge is 0.156 e. The van der Waals surface area contributed by atoms with Crippen LogP contribution in [0.2, 0.25) is 0 Å². The van der Waals surface area contributed by atoms with Crippen molar-refractivity contribution in [3.63, 3.8) is 0 Å². The minimum atomic E-state index is -2.94.